The van der Waals surface area contributed by atoms with E-state index in [4.69, 9.17) is 0 Å². The van der Waals surface area contributed by atoms with Crippen molar-refractivity contribution in [3.8, 4) is 0 Å². The first-order valence-corrected chi connectivity index (χ1v) is 9.45. The average molecular weight is 329 g/mol. The Bertz CT molecular complexity index is 467. The first kappa shape index (κ1) is 16.7. The second-order valence-corrected chi connectivity index (χ2v) is 7.41. The molecule has 2 N–H and O–H groups in total. The van der Waals surface area contributed by atoms with Crippen molar-refractivity contribution in [1.29, 1.82) is 0 Å². The van der Waals surface area contributed by atoms with E-state index in [1.807, 2.05) is 13.2 Å². The summed E-state index contributed by atoms with van der Waals surface area (Å²) in [5.41, 5.74) is 1.06. The fraction of sp³-hybridized carbons (Fsp3) is 0.714. The van der Waals surface area contributed by atoms with Crippen LogP contribution >= 0.6 is 23.1 Å². The van der Waals surface area contributed by atoms with Crippen LogP contribution in [0.5, 0.6) is 0 Å². The number of thioether (sulfide) groups is 1. The molecule has 1 aromatic heterocycles. The largest absolute Gasteiger partial charge is 0.390 e. The molecule has 1 aliphatic heterocycles. The van der Waals surface area contributed by atoms with E-state index in [9.17, 15) is 9.90 Å². The molecule has 2 rings (SSSR count). The van der Waals surface area contributed by atoms with Gasteiger partial charge in [0.1, 0.15) is 0 Å². The first-order valence-electron chi connectivity index (χ1n) is 7.18. The van der Waals surface area contributed by atoms with Crippen LogP contribution in [-0.4, -0.2) is 58.1 Å². The van der Waals surface area contributed by atoms with Crippen molar-refractivity contribution in [2.75, 3.05) is 25.1 Å². The molecule has 1 aromatic rings. The summed E-state index contributed by atoms with van der Waals surface area (Å²) in [4.78, 5) is 18.4. The Morgan fingerprint density at radius 3 is 3.10 bits per heavy atom. The Morgan fingerprint density at radius 1 is 1.67 bits per heavy atom. The van der Waals surface area contributed by atoms with E-state index < -0.39 is 6.10 Å². The SMILES string of the molecule is CSCCC(=O)NC1CCN(Cc2csc(C)n2)CC1O. The van der Waals surface area contributed by atoms with Gasteiger partial charge in [-0.1, -0.05) is 0 Å². The number of aliphatic hydroxyl groups is 1. The minimum atomic E-state index is -0.503. The number of aliphatic hydroxyl groups excluding tert-OH is 1. The third-order valence-corrected chi connectivity index (χ3v) is 5.03. The van der Waals surface area contributed by atoms with Crippen LogP contribution in [0.15, 0.2) is 5.38 Å². The maximum atomic E-state index is 11.7. The smallest absolute Gasteiger partial charge is 0.221 e. The summed E-state index contributed by atoms with van der Waals surface area (Å²) in [5.74, 6) is 0.862. The third kappa shape index (κ3) is 5.25. The number of likely N-dealkylation sites (tertiary alicyclic amines) is 1. The maximum Gasteiger partial charge on any atom is 0.221 e. The number of carbonyl (C=O) groups excluding carboxylic acids is 1. The van der Waals surface area contributed by atoms with Gasteiger partial charge in [-0.25, -0.2) is 4.98 Å². The van der Waals surface area contributed by atoms with Gasteiger partial charge < -0.3 is 10.4 Å². The monoisotopic (exact) mass is 329 g/mol. The van der Waals surface area contributed by atoms with E-state index in [1.165, 1.54) is 0 Å². The molecule has 7 heteroatoms. The van der Waals surface area contributed by atoms with E-state index in [0.717, 1.165) is 36.0 Å². The second-order valence-electron chi connectivity index (χ2n) is 5.37. The van der Waals surface area contributed by atoms with Crippen molar-refractivity contribution in [2.45, 2.75) is 38.5 Å². The number of carbonyl (C=O) groups is 1. The third-order valence-electron chi connectivity index (χ3n) is 3.60. The van der Waals surface area contributed by atoms with Crippen LogP contribution in [0.4, 0.5) is 0 Å². The number of thiazole rings is 1. The van der Waals surface area contributed by atoms with E-state index in [1.54, 1.807) is 23.1 Å². The van der Waals surface area contributed by atoms with Crippen molar-refractivity contribution < 1.29 is 9.90 Å². The van der Waals surface area contributed by atoms with Gasteiger partial charge in [0.2, 0.25) is 5.91 Å². The second kappa shape index (κ2) is 8.12. The van der Waals surface area contributed by atoms with Crippen LogP contribution in [0, 0.1) is 6.92 Å². The van der Waals surface area contributed by atoms with E-state index in [-0.39, 0.29) is 11.9 Å². The molecule has 2 atom stereocenters. The Labute approximate surface area is 134 Å². The van der Waals surface area contributed by atoms with Gasteiger partial charge in [-0.3, -0.25) is 9.69 Å². The predicted molar refractivity (Wildman–Crippen MR) is 87.7 cm³/mol. The number of nitrogens with one attached hydrogen (secondary N) is 1. The Kier molecular flexibility index (Phi) is 6.47. The molecule has 0 spiro atoms. The predicted octanol–water partition coefficient (Wildman–Crippen LogP) is 1.26. The lowest BCUT2D eigenvalue weighted by Crippen LogP contribution is -2.53. The molecule has 0 radical (unpaired) electrons. The van der Waals surface area contributed by atoms with E-state index in [0.29, 0.717) is 13.0 Å². The minimum Gasteiger partial charge on any atom is -0.390 e. The number of aryl methyl sites for hydroxylation is 1. The molecule has 1 fully saturated rings. The lowest BCUT2D eigenvalue weighted by molar-refractivity contribution is -0.123. The van der Waals surface area contributed by atoms with Crippen LogP contribution in [0.1, 0.15) is 23.5 Å². The summed E-state index contributed by atoms with van der Waals surface area (Å²) < 4.78 is 0. The van der Waals surface area contributed by atoms with Gasteiger partial charge in [-0.05, 0) is 19.6 Å². The highest BCUT2D eigenvalue weighted by Crippen LogP contribution is 2.16. The van der Waals surface area contributed by atoms with Crippen molar-refractivity contribution in [1.82, 2.24) is 15.2 Å². The molecule has 1 saturated heterocycles. The highest BCUT2D eigenvalue weighted by molar-refractivity contribution is 7.98. The van der Waals surface area contributed by atoms with Crippen LogP contribution in [0.2, 0.25) is 0 Å². The zero-order valence-electron chi connectivity index (χ0n) is 12.5. The molecular formula is C14H23N3O2S2. The van der Waals surface area contributed by atoms with Crippen LogP contribution in [-0.2, 0) is 11.3 Å². The van der Waals surface area contributed by atoms with Gasteiger partial charge in [0.15, 0.2) is 0 Å². The van der Waals surface area contributed by atoms with Crippen LogP contribution in [0.3, 0.4) is 0 Å². The molecule has 1 aliphatic rings. The Hall–Kier alpha value is -0.630. The molecule has 1 amide bonds. The molecule has 2 heterocycles. The number of rotatable bonds is 6. The number of aromatic nitrogens is 1. The zero-order chi connectivity index (χ0) is 15.2. The first-order chi connectivity index (χ1) is 10.1. The molecule has 0 aliphatic carbocycles. The summed E-state index contributed by atoms with van der Waals surface area (Å²) in [6.07, 6.45) is 2.79. The molecular weight excluding hydrogens is 306 g/mol. The number of piperidine rings is 1. The van der Waals surface area contributed by atoms with Gasteiger partial charge in [-0.2, -0.15) is 11.8 Å². The van der Waals surface area contributed by atoms with Crippen molar-refractivity contribution in [2.24, 2.45) is 0 Å². The number of nitrogens with zero attached hydrogens (tertiary/aromatic N) is 2. The lowest BCUT2D eigenvalue weighted by atomic mass is 10.0. The van der Waals surface area contributed by atoms with Crippen molar-refractivity contribution in [3.05, 3.63) is 16.1 Å². The van der Waals surface area contributed by atoms with E-state index >= 15 is 0 Å². The molecule has 0 bridgehead atoms. The van der Waals surface area contributed by atoms with Crippen LogP contribution < -0.4 is 5.32 Å². The number of β-amino-alcohol motifs (C(OH)–C–C–N with tert-alkyl or cyclic N) is 1. The standard InChI is InChI=1S/C14H23N3O2S2/c1-10-15-11(9-21-10)7-17-5-3-12(13(18)8-17)16-14(19)4-6-20-2/h9,12-13,18H,3-8H2,1-2H3,(H,16,19). The highest BCUT2D eigenvalue weighted by atomic mass is 32.2. The van der Waals surface area contributed by atoms with Gasteiger partial charge in [0.25, 0.3) is 0 Å². The molecule has 2 unspecified atom stereocenters. The lowest BCUT2D eigenvalue weighted by Gasteiger charge is -2.35. The number of amides is 1. The van der Waals surface area contributed by atoms with E-state index in [2.05, 4.69) is 20.6 Å². The summed E-state index contributed by atoms with van der Waals surface area (Å²) in [7, 11) is 0. The summed E-state index contributed by atoms with van der Waals surface area (Å²) in [6, 6.07) is -0.118. The van der Waals surface area contributed by atoms with Crippen LogP contribution in [0.25, 0.3) is 0 Å². The van der Waals surface area contributed by atoms with Gasteiger partial charge in [-0.15, -0.1) is 11.3 Å². The summed E-state index contributed by atoms with van der Waals surface area (Å²) in [6.45, 7) is 4.24. The topological polar surface area (TPSA) is 65.5 Å². The maximum absolute atomic E-state index is 11.7. The van der Waals surface area contributed by atoms with Crippen molar-refractivity contribution >= 4 is 29.0 Å². The fourth-order valence-corrected chi connectivity index (χ4v) is 3.49. The normalized spacial score (nSPS) is 23.2. The highest BCUT2D eigenvalue weighted by Gasteiger charge is 2.28. The van der Waals surface area contributed by atoms with Gasteiger partial charge in [0.05, 0.1) is 22.8 Å². The minimum absolute atomic E-state index is 0.0389. The Morgan fingerprint density at radius 2 is 2.48 bits per heavy atom. The molecule has 5 nitrogen and oxygen atoms in total. The molecule has 0 saturated carbocycles. The number of hydrogen-bond acceptors (Lipinski definition) is 6. The summed E-state index contributed by atoms with van der Waals surface area (Å²) >= 11 is 3.31. The summed E-state index contributed by atoms with van der Waals surface area (Å²) in [5, 5.41) is 16.3. The molecule has 21 heavy (non-hydrogen) atoms. The molecule has 118 valence electrons. The Balaban J connectivity index is 1.77. The fourth-order valence-electron chi connectivity index (χ4n) is 2.49. The quantitative estimate of drug-likeness (QED) is 0.822. The molecule has 0 aromatic carbocycles. The zero-order valence-corrected chi connectivity index (χ0v) is 14.2. The van der Waals surface area contributed by atoms with Gasteiger partial charge >= 0.3 is 0 Å². The van der Waals surface area contributed by atoms with Gasteiger partial charge in [0, 0.05) is 37.2 Å². The number of hydrogen-bond donors (Lipinski definition) is 2. The average Bonchev–Trinajstić information content (AvgIpc) is 2.85. The van der Waals surface area contributed by atoms with Crippen molar-refractivity contribution in [3.63, 3.8) is 0 Å².